The molecule has 0 saturated carbocycles. The third-order valence-electron chi connectivity index (χ3n) is 3.85. The van der Waals surface area contributed by atoms with E-state index in [1.807, 2.05) is 36.4 Å². The van der Waals surface area contributed by atoms with E-state index in [-0.39, 0.29) is 11.5 Å². The van der Waals surface area contributed by atoms with Crippen molar-refractivity contribution in [3.8, 4) is 5.75 Å². The van der Waals surface area contributed by atoms with Crippen LogP contribution < -0.4 is 10.1 Å². The van der Waals surface area contributed by atoms with Gasteiger partial charge in [-0.3, -0.25) is 4.79 Å². The standard InChI is InChI=1S/C19H15N3O3/c1-24-14-6-4-13(5-7-14)22-18-10-16(23)17(25-18)9-12-11-21-19-15(12)3-2-8-20-19/h2-11,22H,1H3,(H,20,21)/b17-9+. The summed E-state index contributed by atoms with van der Waals surface area (Å²) in [4.78, 5) is 19.5. The topological polar surface area (TPSA) is 76.2 Å². The first-order chi connectivity index (χ1) is 12.2. The molecule has 0 amide bonds. The van der Waals surface area contributed by atoms with Crippen LogP contribution in [0.4, 0.5) is 5.69 Å². The number of nitrogens with one attached hydrogen (secondary N) is 2. The van der Waals surface area contributed by atoms with Crippen molar-refractivity contribution >= 4 is 28.6 Å². The van der Waals surface area contributed by atoms with E-state index in [9.17, 15) is 4.79 Å². The largest absolute Gasteiger partial charge is 0.497 e. The Labute approximate surface area is 143 Å². The number of carbonyl (C=O) groups excluding carboxylic acids is 1. The molecule has 124 valence electrons. The maximum Gasteiger partial charge on any atom is 0.226 e. The van der Waals surface area contributed by atoms with E-state index >= 15 is 0 Å². The Morgan fingerprint density at radius 3 is 2.88 bits per heavy atom. The van der Waals surface area contributed by atoms with E-state index in [1.165, 1.54) is 6.08 Å². The van der Waals surface area contributed by atoms with Gasteiger partial charge in [-0.1, -0.05) is 0 Å². The van der Waals surface area contributed by atoms with Gasteiger partial charge in [0.25, 0.3) is 0 Å². The van der Waals surface area contributed by atoms with Crippen LogP contribution in [-0.2, 0) is 9.53 Å². The van der Waals surface area contributed by atoms with Crippen molar-refractivity contribution in [3.05, 3.63) is 72.1 Å². The van der Waals surface area contributed by atoms with E-state index < -0.39 is 0 Å². The Kier molecular flexibility index (Phi) is 3.70. The Morgan fingerprint density at radius 2 is 2.08 bits per heavy atom. The molecule has 2 N–H and O–H groups in total. The highest BCUT2D eigenvalue weighted by Gasteiger charge is 2.21. The molecular formula is C19H15N3O3. The number of hydrogen-bond acceptors (Lipinski definition) is 5. The minimum atomic E-state index is -0.186. The number of rotatable bonds is 4. The summed E-state index contributed by atoms with van der Waals surface area (Å²) in [6, 6.07) is 11.1. The molecule has 3 aromatic rings. The number of anilines is 1. The maximum absolute atomic E-state index is 12.2. The van der Waals surface area contributed by atoms with Gasteiger partial charge in [0.1, 0.15) is 11.4 Å². The van der Waals surface area contributed by atoms with Crippen LogP contribution in [0.1, 0.15) is 5.56 Å². The number of benzene rings is 1. The lowest BCUT2D eigenvalue weighted by Gasteiger charge is -2.08. The number of pyridine rings is 1. The normalized spacial score (nSPS) is 15.3. The molecule has 0 aliphatic carbocycles. The molecule has 1 aromatic carbocycles. The van der Waals surface area contributed by atoms with E-state index in [0.717, 1.165) is 28.0 Å². The molecule has 1 aliphatic heterocycles. The molecule has 0 saturated heterocycles. The summed E-state index contributed by atoms with van der Waals surface area (Å²) < 4.78 is 10.8. The zero-order chi connectivity index (χ0) is 17.2. The summed E-state index contributed by atoms with van der Waals surface area (Å²) in [5.41, 5.74) is 2.42. The van der Waals surface area contributed by atoms with Crippen LogP contribution in [0.3, 0.4) is 0 Å². The summed E-state index contributed by atoms with van der Waals surface area (Å²) in [6.45, 7) is 0. The number of fused-ring (bicyclic) bond motifs is 1. The smallest absolute Gasteiger partial charge is 0.226 e. The molecule has 4 rings (SSSR count). The molecule has 0 fully saturated rings. The SMILES string of the molecule is COc1ccc(NC2=CC(=O)/C(=C\c3c[nH]c4ncccc34)O2)cc1. The number of ketones is 1. The number of ether oxygens (including phenoxy) is 2. The van der Waals surface area contributed by atoms with Crippen LogP contribution in [0.15, 0.2) is 66.5 Å². The predicted octanol–water partition coefficient (Wildman–Crippen LogP) is 3.47. The lowest BCUT2D eigenvalue weighted by Crippen LogP contribution is -1.99. The Morgan fingerprint density at radius 1 is 1.24 bits per heavy atom. The first-order valence-corrected chi connectivity index (χ1v) is 7.72. The van der Waals surface area contributed by atoms with Crippen LogP contribution in [0.25, 0.3) is 17.1 Å². The number of methoxy groups -OCH3 is 1. The van der Waals surface area contributed by atoms with Gasteiger partial charge in [-0.25, -0.2) is 4.98 Å². The quantitative estimate of drug-likeness (QED) is 0.715. The van der Waals surface area contributed by atoms with Gasteiger partial charge < -0.3 is 19.8 Å². The zero-order valence-electron chi connectivity index (χ0n) is 13.4. The van der Waals surface area contributed by atoms with Crippen molar-refractivity contribution in [2.45, 2.75) is 0 Å². The molecule has 3 heterocycles. The molecule has 0 atom stereocenters. The first kappa shape index (κ1) is 15.0. The number of allylic oxidation sites excluding steroid dienone is 1. The average molecular weight is 333 g/mol. The summed E-state index contributed by atoms with van der Waals surface area (Å²) >= 11 is 0. The minimum Gasteiger partial charge on any atom is -0.497 e. The number of hydrogen-bond donors (Lipinski definition) is 2. The summed E-state index contributed by atoms with van der Waals surface area (Å²) in [5, 5.41) is 4.00. The molecule has 0 radical (unpaired) electrons. The van der Waals surface area contributed by atoms with Gasteiger partial charge in [0.2, 0.25) is 11.7 Å². The number of carbonyl (C=O) groups is 1. The Balaban J connectivity index is 1.53. The van der Waals surface area contributed by atoms with Crippen molar-refractivity contribution in [2.24, 2.45) is 0 Å². The van der Waals surface area contributed by atoms with Gasteiger partial charge in [0.15, 0.2) is 5.76 Å². The lowest BCUT2D eigenvalue weighted by atomic mass is 10.2. The highest BCUT2D eigenvalue weighted by molar-refractivity contribution is 6.09. The van der Waals surface area contributed by atoms with Gasteiger partial charge in [0, 0.05) is 29.0 Å². The van der Waals surface area contributed by atoms with Gasteiger partial charge in [-0.05, 0) is 42.5 Å². The van der Waals surface area contributed by atoms with Crippen molar-refractivity contribution < 1.29 is 14.3 Å². The van der Waals surface area contributed by atoms with Gasteiger partial charge in [-0.15, -0.1) is 0 Å². The molecule has 6 heteroatoms. The number of nitrogens with zero attached hydrogens (tertiary/aromatic N) is 1. The number of aromatic nitrogens is 2. The molecule has 25 heavy (non-hydrogen) atoms. The predicted molar refractivity (Wildman–Crippen MR) is 94.9 cm³/mol. The Hall–Kier alpha value is -3.54. The second-order valence-corrected chi connectivity index (χ2v) is 5.48. The second-order valence-electron chi connectivity index (χ2n) is 5.48. The van der Waals surface area contributed by atoms with Gasteiger partial charge in [-0.2, -0.15) is 0 Å². The fourth-order valence-electron chi connectivity index (χ4n) is 2.60. The van der Waals surface area contributed by atoms with E-state index in [4.69, 9.17) is 9.47 Å². The lowest BCUT2D eigenvalue weighted by molar-refractivity contribution is -0.112. The highest BCUT2D eigenvalue weighted by atomic mass is 16.5. The molecule has 6 nitrogen and oxygen atoms in total. The van der Waals surface area contributed by atoms with E-state index in [0.29, 0.717) is 5.88 Å². The first-order valence-electron chi connectivity index (χ1n) is 7.72. The summed E-state index contributed by atoms with van der Waals surface area (Å²) in [5.74, 6) is 1.23. The molecule has 1 aliphatic rings. The third kappa shape index (κ3) is 2.97. The second kappa shape index (κ2) is 6.16. The maximum atomic E-state index is 12.2. The number of H-pyrrole nitrogens is 1. The van der Waals surface area contributed by atoms with Crippen molar-refractivity contribution in [2.75, 3.05) is 12.4 Å². The molecule has 0 spiro atoms. The molecule has 0 unspecified atom stereocenters. The van der Waals surface area contributed by atoms with Crippen LogP contribution >= 0.6 is 0 Å². The fraction of sp³-hybridized carbons (Fsp3) is 0.0526. The third-order valence-corrected chi connectivity index (χ3v) is 3.85. The highest BCUT2D eigenvalue weighted by Crippen LogP contribution is 2.25. The van der Waals surface area contributed by atoms with Crippen LogP contribution in [0.5, 0.6) is 5.75 Å². The number of aromatic amines is 1. The van der Waals surface area contributed by atoms with Crippen molar-refractivity contribution in [3.63, 3.8) is 0 Å². The molecule has 0 bridgehead atoms. The zero-order valence-corrected chi connectivity index (χ0v) is 13.4. The Bertz CT molecular complexity index is 1000. The summed E-state index contributed by atoms with van der Waals surface area (Å²) in [6.07, 6.45) is 6.66. The minimum absolute atomic E-state index is 0.186. The van der Waals surface area contributed by atoms with Crippen molar-refractivity contribution in [1.82, 2.24) is 9.97 Å². The van der Waals surface area contributed by atoms with Gasteiger partial charge >= 0.3 is 0 Å². The average Bonchev–Trinajstić information content (AvgIpc) is 3.20. The molecule has 2 aromatic heterocycles. The monoisotopic (exact) mass is 333 g/mol. The summed E-state index contributed by atoms with van der Waals surface area (Å²) in [7, 11) is 1.61. The van der Waals surface area contributed by atoms with Crippen molar-refractivity contribution in [1.29, 1.82) is 0 Å². The van der Waals surface area contributed by atoms with E-state index in [1.54, 1.807) is 25.6 Å². The van der Waals surface area contributed by atoms with E-state index in [2.05, 4.69) is 15.3 Å². The van der Waals surface area contributed by atoms with Crippen LogP contribution in [0.2, 0.25) is 0 Å². The van der Waals surface area contributed by atoms with Crippen LogP contribution in [0, 0.1) is 0 Å². The van der Waals surface area contributed by atoms with Crippen LogP contribution in [-0.4, -0.2) is 22.9 Å². The fourth-order valence-corrected chi connectivity index (χ4v) is 2.60. The van der Waals surface area contributed by atoms with Gasteiger partial charge in [0.05, 0.1) is 13.2 Å². The molecular weight excluding hydrogens is 318 g/mol.